The SMILES string of the molecule is Cc1cc(Cl)ccc1C=NNC(N)=S. The molecule has 3 nitrogen and oxygen atoms in total. The van der Waals surface area contributed by atoms with Gasteiger partial charge in [0.05, 0.1) is 6.21 Å². The minimum Gasteiger partial charge on any atom is -0.375 e. The molecule has 0 spiro atoms. The molecule has 0 fully saturated rings. The van der Waals surface area contributed by atoms with E-state index in [-0.39, 0.29) is 5.11 Å². The fourth-order valence-electron chi connectivity index (χ4n) is 0.949. The molecular weight excluding hydrogens is 218 g/mol. The Labute approximate surface area is 92.9 Å². The van der Waals surface area contributed by atoms with Crippen molar-refractivity contribution in [3.8, 4) is 0 Å². The van der Waals surface area contributed by atoms with Crippen LogP contribution in [0.5, 0.6) is 0 Å². The predicted octanol–water partition coefficient (Wildman–Crippen LogP) is 1.82. The predicted molar refractivity (Wildman–Crippen MR) is 63.7 cm³/mol. The first-order valence-electron chi connectivity index (χ1n) is 3.94. The second kappa shape index (κ2) is 4.93. The molecule has 1 aromatic carbocycles. The summed E-state index contributed by atoms with van der Waals surface area (Å²) in [5.41, 5.74) is 9.70. The average Bonchev–Trinajstić information content (AvgIpc) is 2.08. The summed E-state index contributed by atoms with van der Waals surface area (Å²) < 4.78 is 0. The third kappa shape index (κ3) is 3.32. The van der Waals surface area contributed by atoms with E-state index < -0.39 is 0 Å². The van der Waals surface area contributed by atoms with E-state index in [9.17, 15) is 0 Å². The van der Waals surface area contributed by atoms with Crippen LogP contribution in [0.4, 0.5) is 0 Å². The number of thiocarbonyl (C=S) groups is 1. The first-order valence-corrected chi connectivity index (χ1v) is 4.73. The van der Waals surface area contributed by atoms with Crippen LogP contribution >= 0.6 is 23.8 Å². The van der Waals surface area contributed by atoms with Crippen LogP contribution in [0.2, 0.25) is 5.02 Å². The second-order valence-electron chi connectivity index (χ2n) is 2.74. The second-order valence-corrected chi connectivity index (χ2v) is 3.61. The van der Waals surface area contributed by atoms with Crippen LogP contribution < -0.4 is 11.2 Å². The van der Waals surface area contributed by atoms with E-state index in [1.165, 1.54) is 0 Å². The first-order chi connectivity index (χ1) is 6.59. The Morgan fingerprint density at radius 2 is 2.36 bits per heavy atom. The number of nitrogens with zero attached hydrogens (tertiary/aromatic N) is 1. The first kappa shape index (κ1) is 10.9. The molecule has 5 heteroatoms. The number of halogens is 1. The summed E-state index contributed by atoms with van der Waals surface area (Å²) in [6, 6.07) is 5.54. The van der Waals surface area contributed by atoms with Crippen molar-refractivity contribution in [3.05, 3.63) is 34.3 Å². The van der Waals surface area contributed by atoms with Gasteiger partial charge in [0, 0.05) is 5.02 Å². The maximum Gasteiger partial charge on any atom is 0.184 e. The van der Waals surface area contributed by atoms with E-state index in [1.807, 2.05) is 19.1 Å². The Hall–Kier alpha value is -1.13. The standard InChI is InChI=1S/C9H10ClN3S/c1-6-4-8(10)3-2-7(6)5-12-13-9(11)14/h2-5H,1H3,(H3,11,13,14). The third-order valence-electron chi connectivity index (χ3n) is 1.61. The van der Waals surface area contributed by atoms with Crippen molar-refractivity contribution in [1.82, 2.24) is 5.43 Å². The Balaban J connectivity index is 2.76. The topological polar surface area (TPSA) is 50.4 Å². The lowest BCUT2D eigenvalue weighted by atomic mass is 10.1. The van der Waals surface area contributed by atoms with E-state index >= 15 is 0 Å². The molecule has 0 saturated heterocycles. The van der Waals surface area contributed by atoms with Gasteiger partial charge < -0.3 is 5.73 Å². The highest BCUT2D eigenvalue weighted by molar-refractivity contribution is 7.80. The zero-order valence-electron chi connectivity index (χ0n) is 7.62. The molecule has 0 aliphatic carbocycles. The summed E-state index contributed by atoms with van der Waals surface area (Å²) in [5, 5.41) is 4.70. The third-order valence-corrected chi connectivity index (χ3v) is 1.94. The molecule has 0 saturated carbocycles. The molecule has 0 aliphatic heterocycles. The molecule has 0 unspecified atom stereocenters. The molecular formula is C9H10ClN3S. The summed E-state index contributed by atoms with van der Waals surface area (Å²) in [5.74, 6) is 0. The highest BCUT2D eigenvalue weighted by atomic mass is 35.5. The number of nitrogens with two attached hydrogens (primary N) is 1. The molecule has 3 N–H and O–H groups in total. The summed E-state index contributed by atoms with van der Waals surface area (Å²) in [6.07, 6.45) is 1.64. The number of nitrogens with one attached hydrogen (secondary N) is 1. The van der Waals surface area contributed by atoms with Crippen LogP contribution in [0, 0.1) is 6.92 Å². The largest absolute Gasteiger partial charge is 0.375 e. The van der Waals surface area contributed by atoms with Crippen LogP contribution in [0.25, 0.3) is 0 Å². The van der Waals surface area contributed by atoms with Crippen molar-refractivity contribution in [1.29, 1.82) is 0 Å². The van der Waals surface area contributed by atoms with E-state index in [4.69, 9.17) is 17.3 Å². The van der Waals surface area contributed by atoms with Crippen molar-refractivity contribution in [2.45, 2.75) is 6.92 Å². The summed E-state index contributed by atoms with van der Waals surface area (Å²) in [4.78, 5) is 0. The van der Waals surface area contributed by atoms with Gasteiger partial charge in [-0.15, -0.1) is 0 Å². The molecule has 74 valence electrons. The molecule has 0 atom stereocenters. The monoisotopic (exact) mass is 227 g/mol. The minimum atomic E-state index is 0.146. The lowest BCUT2D eigenvalue weighted by molar-refractivity contribution is 1.04. The number of benzene rings is 1. The Morgan fingerprint density at radius 1 is 1.64 bits per heavy atom. The highest BCUT2D eigenvalue weighted by Crippen LogP contribution is 2.13. The summed E-state index contributed by atoms with van der Waals surface area (Å²) >= 11 is 10.4. The van der Waals surface area contributed by atoms with Crippen molar-refractivity contribution in [2.24, 2.45) is 10.8 Å². The number of rotatable bonds is 2. The normalized spacial score (nSPS) is 10.4. The summed E-state index contributed by atoms with van der Waals surface area (Å²) in [7, 11) is 0. The van der Waals surface area contributed by atoms with Gasteiger partial charge in [0.15, 0.2) is 5.11 Å². The van der Waals surface area contributed by atoms with Crippen molar-refractivity contribution in [2.75, 3.05) is 0 Å². The number of hydrogen-bond acceptors (Lipinski definition) is 2. The molecule has 1 aromatic rings. The van der Waals surface area contributed by atoms with Gasteiger partial charge in [0.25, 0.3) is 0 Å². The number of hydrogen-bond donors (Lipinski definition) is 2. The quantitative estimate of drug-likeness (QED) is 0.460. The average molecular weight is 228 g/mol. The van der Waals surface area contributed by atoms with Gasteiger partial charge in [-0.2, -0.15) is 5.10 Å². The van der Waals surface area contributed by atoms with E-state index in [0.29, 0.717) is 5.02 Å². The maximum absolute atomic E-state index is 5.80. The van der Waals surface area contributed by atoms with Crippen LogP contribution in [0.15, 0.2) is 23.3 Å². The Bertz CT molecular complexity index is 376. The van der Waals surface area contributed by atoms with Gasteiger partial charge >= 0.3 is 0 Å². The summed E-state index contributed by atoms with van der Waals surface area (Å²) in [6.45, 7) is 1.95. The van der Waals surface area contributed by atoms with E-state index in [0.717, 1.165) is 11.1 Å². The minimum absolute atomic E-state index is 0.146. The van der Waals surface area contributed by atoms with Gasteiger partial charge in [-0.05, 0) is 42.4 Å². The van der Waals surface area contributed by atoms with Crippen molar-refractivity contribution >= 4 is 35.1 Å². The van der Waals surface area contributed by atoms with Crippen molar-refractivity contribution in [3.63, 3.8) is 0 Å². The molecule has 0 radical (unpaired) electrons. The van der Waals surface area contributed by atoms with Gasteiger partial charge in [-0.1, -0.05) is 17.7 Å². The number of aryl methyl sites for hydroxylation is 1. The fourth-order valence-corrected chi connectivity index (χ4v) is 1.23. The van der Waals surface area contributed by atoms with Crippen LogP contribution in [0.1, 0.15) is 11.1 Å². The Morgan fingerprint density at radius 3 is 2.93 bits per heavy atom. The number of hydrazone groups is 1. The van der Waals surface area contributed by atoms with Crippen LogP contribution in [-0.2, 0) is 0 Å². The molecule has 0 aromatic heterocycles. The molecule has 14 heavy (non-hydrogen) atoms. The van der Waals surface area contributed by atoms with E-state index in [1.54, 1.807) is 12.3 Å². The van der Waals surface area contributed by atoms with Gasteiger partial charge in [0.1, 0.15) is 0 Å². The van der Waals surface area contributed by atoms with Crippen molar-refractivity contribution < 1.29 is 0 Å². The lowest BCUT2D eigenvalue weighted by Gasteiger charge is -2.00. The van der Waals surface area contributed by atoms with Gasteiger partial charge in [0.2, 0.25) is 0 Å². The molecule has 0 amide bonds. The maximum atomic E-state index is 5.80. The molecule has 0 heterocycles. The fraction of sp³-hybridized carbons (Fsp3) is 0.111. The van der Waals surface area contributed by atoms with Crippen LogP contribution in [-0.4, -0.2) is 11.3 Å². The van der Waals surface area contributed by atoms with Gasteiger partial charge in [-0.25, -0.2) is 0 Å². The van der Waals surface area contributed by atoms with Gasteiger partial charge in [-0.3, -0.25) is 5.43 Å². The van der Waals surface area contributed by atoms with E-state index in [2.05, 4.69) is 22.7 Å². The molecule has 0 bridgehead atoms. The zero-order valence-corrected chi connectivity index (χ0v) is 9.19. The highest BCUT2D eigenvalue weighted by Gasteiger charge is 1.95. The molecule has 0 aliphatic rings. The Kier molecular flexibility index (Phi) is 3.85. The lowest BCUT2D eigenvalue weighted by Crippen LogP contribution is -2.24. The molecule has 1 rings (SSSR count). The zero-order chi connectivity index (χ0) is 10.6. The van der Waals surface area contributed by atoms with Crippen LogP contribution in [0.3, 0.4) is 0 Å². The smallest absolute Gasteiger partial charge is 0.184 e.